The lowest BCUT2D eigenvalue weighted by Gasteiger charge is -2.23. The van der Waals surface area contributed by atoms with E-state index in [4.69, 9.17) is 0 Å². The number of hydrogen-bond donors (Lipinski definition) is 1. The Bertz CT molecular complexity index is 589. The molecule has 1 aliphatic heterocycles. The van der Waals surface area contributed by atoms with Crippen molar-refractivity contribution in [1.29, 1.82) is 0 Å². The third-order valence-electron chi connectivity index (χ3n) is 3.06. The molecule has 3 rings (SSSR count). The number of hydrogen-bond acceptors (Lipinski definition) is 4. The van der Waals surface area contributed by atoms with Gasteiger partial charge in [0.15, 0.2) is 0 Å². The van der Waals surface area contributed by atoms with Crippen LogP contribution in [0.1, 0.15) is 5.82 Å². The quantitative estimate of drug-likeness (QED) is 0.855. The lowest BCUT2D eigenvalue weighted by Crippen LogP contribution is -2.44. The molecule has 0 unspecified atom stereocenters. The van der Waals surface area contributed by atoms with Gasteiger partial charge in [0.2, 0.25) is 11.8 Å². The predicted molar refractivity (Wildman–Crippen MR) is 73.8 cm³/mol. The van der Waals surface area contributed by atoms with Gasteiger partial charge >= 0.3 is 0 Å². The van der Waals surface area contributed by atoms with E-state index in [0.29, 0.717) is 24.5 Å². The van der Waals surface area contributed by atoms with E-state index in [2.05, 4.69) is 9.97 Å². The molecule has 6 heteroatoms. The van der Waals surface area contributed by atoms with Crippen molar-refractivity contribution in [1.82, 2.24) is 14.9 Å². The van der Waals surface area contributed by atoms with Gasteiger partial charge in [-0.3, -0.25) is 14.5 Å². The zero-order valence-corrected chi connectivity index (χ0v) is 11.1. The highest BCUT2D eigenvalue weighted by atomic mass is 32.2. The molecule has 1 aromatic carbocycles. The van der Waals surface area contributed by atoms with Crippen molar-refractivity contribution in [2.24, 2.45) is 0 Å². The van der Waals surface area contributed by atoms with Crippen molar-refractivity contribution in [2.75, 3.05) is 18.1 Å². The Morgan fingerprint density at radius 1 is 1.21 bits per heavy atom. The maximum atomic E-state index is 11.7. The number of amides is 2. The van der Waals surface area contributed by atoms with Gasteiger partial charge in [0.25, 0.3) is 0 Å². The van der Waals surface area contributed by atoms with Crippen LogP contribution in [-0.2, 0) is 16.0 Å². The van der Waals surface area contributed by atoms with Gasteiger partial charge in [0.1, 0.15) is 5.82 Å². The highest BCUT2D eigenvalue weighted by molar-refractivity contribution is 8.00. The Kier molecular flexibility index (Phi) is 3.25. The number of rotatable bonds is 3. The first-order valence-corrected chi connectivity index (χ1v) is 7.24. The number of benzene rings is 1. The number of H-pyrrole nitrogens is 1. The third kappa shape index (κ3) is 2.49. The molecule has 1 aliphatic rings. The second-order valence-corrected chi connectivity index (χ2v) is 5.37. The maximum Gasteiger partial charge on any atom is 0.239 e. The number of carbonyl (C=O) groups is 2. The number of aromatic nitrogens is 2. The molecule has 2 aromatic rings. The summed E-state index contributed by atoms with van der Waals surface area (Å²) in [7, 11) is 0. The van der Waals surface area contributed by atoms with Crippen molar-refractivity contribution in [3.8, 4) is 0 Å². The first kappa shape index (κ1) is 12.2. The molecule has 0 spiro atoms. The topological polar surface area (TPSA) is 66.1 Å². The van der Waals surface area contributed by atoms with Crippen LogP contribution in [0.5, 0.6) is 0 Å². The monoisotopic (exact) mass is 275 g/mol. The summed E-state index contributed by atoms with van der Waals surface area (Å²) in [5.74, 6) is 1.40. The molecular weight excluding hydrogens is 262 g/mol. The number of nitrogens with zero attached hydrogens (tertiary/aromatic N) is 2. The van der Waals surface area contributed by atoms with Crippen molar-refractivity contribution in [3.63, 3.8) is 0 Å². The first-order valence-electron chi connectivity index (χ1n) is 6.08. The lowest BCUT2D eigenvalue weighted by atomic mass is 10.3. The number of fused-ring (bicyclic) bond motifs is 1. The Morgan fingerprint density at radius 2 is 1.95 bits per heavy atom. The number of carbonyl (C=O) groups excluding carboxylic acids is 2. The highest BCUT2D eigenvalue weighted by Gasteiger charge is 2.25. The molecule has 2 heterocycles. The molecule has 0 radical (unpaired) electrons. The van der Waals surface area contributed by atoms with Gasteiger partial charge in [-0.25, -0.2) is 4.98 Å². The summed E-state index contributed by atoms with van der Waals surface area (Å²) in [6.45, 7) is 0.401. The number of aromatic amines is 1. The van der Waals surface area contributed by atoms with Crippen LogP contribution in [0.4, 0.5) is 0 Å². The highest BCUT2D eigenvalue weighted by Crippen LogP contribution is 2.14. The van der Waals surface area contributed by atoms with E-state index in [9.17, 15) is 9.59 Å². The molecule has 0 atom stereocenters. The van der Waals surface area contributed by atoms with Crippen molar-refractivity contribution in [2.45, 2.75) is 6.42 Å². The van der Waals surface area contributed by atoms with Gasteiger partial charge < -0.3 is 4.98 Å². The molecule has 5 nitrogen and oxygen atoms in total. The molecule has 0 bridgehead atoms. The molecular formula is C13H13N3O2S. The van der Waals surface area contributed by atoms with Crippen LogP contribution in [0, 0.1) is 0 Å². The normalized spacial score (nSPS) is 16.3. The average molecular weight is 275 g/mol. The summed E-state index contributed by atoms with van der Waals surface area (Å²) in [6, 6.07) is 7.77. The Morgan fingerprint density at radius 3 is 2.68 bits per heavy atom. The fourth-order valence-corrected chi connectivity index (χ4v) is 2.87. The molecule has 1 saturated heterocycles. The van der Waals surface area contributed by atoms with E-state index in [1.54, 1.807) is 0 Å². The molecule has 2 amide bonds. The number of nitrogens with one attached hydrogen (secondary N) is 1. The fourth-order valence-electron chi connectivity index (χ4n) is 2.11. The summed E-state index contributed by atoms with van der Waals surface area (Å²) in [5.41, 5.74) is 1.88. The van der Waals surface area contributed by atoms with E-state index >= 15 is 0 Å². The maximum absolute atomic E-state index is 11.7. The average Bonchev–Trinajstić information content (AvgIpc) is 2.81. The van der Waals surface area contributed by atoms with E-state index in [0.717, 1.165) is 16.9 Å². The van der Waals surface area contributed by atoms with Gasteiger partial charge in [-0.15, -0.1) is 11.8 Å². The number of imidazole rings is 1. The van der Waals surface area contributed by atoms with E-state index in [1.807, 2.05) is 24.3 Å². The summed E-state index contributed by atoms with van der Waals surface area (Å²) in [5, 5.41) is 0. The van der Waals surface area contributed by atoms with Crippen molar-refractivity contribution in [3.05, 3.63) is 30.1 Å². The zero-order valence-electron chi connectivity index (χ0n) is 10.3. The first-order chi connectivity index (χ1) is 9.24. The molecule has 19 heavy (non-hydrogen) atoms. The van der Waals surface area contributed by atoms with Gasteiger partial charge in [0, 0.05) is 13.0 Å². The predicted octanol–water partition coefficient (Wildman–Crippen LogP) is 1.21. The SMILES string of the molecule is O=C1CSCC(=O)N1CCc1nc2ccccc2[nH]1. The number of thioether (sulfide) groups is 1. The smallest absolute Gasteiger partial charge is 0.239 e. The second kappa shape index (κ2) is 5.05. The van der Waals surface area contributed by atoms with Gasteiger partial charge in [-0.2, -0.15) is 0 Å². The Labute approximate surface area is 114 Å². The van der Waals surface area contributed by atoms with Crippen molar-refractivity contribution >= 4 is 34.6 Å². The summed E-state index contributed by atoms with van der Waals surface area (Å²) in [6.07, 6.45) is 0.566. The number of para-hydroxylation sites is 2. The largest absolute Gasteiger partial charge is 0.342 e. The van der Waals surface area contributed by atoms with Gasteiger partial charge in [0.05, 0.1) is 22.5 Å². The van der Waals surface area contributed by atoms with Crippen LogP contribution in [0.2, 0.25) is 0 Å². The third-order valence-corrected chi connectivity index (χ3v) is 3.97. The number of imide groups is 1. The van der Waals surface area contributed by atoms with E-state index in [1.165, 1.54) is 16.7 Å². The summed E-state index contributed by atoms with van der Waals surface area (Å²) < 4.78 is 0. The molecule has 0 aliphatic carbocycles. The molecule has 1 N–H and O–H groups in total. The Hall–Kier alpha value is -1.82. The van der Waals surface area contributed by atoms with Crippen LogP contribution >= 0.6 is 11.8 Å². The molecule has 98 valence electrons. The van der Waals surface area contributed by atoms with Crippen LogP contribution in [-0.4, -0.2) is 44.7 Å². The Balaban J connectivity index is 1.71. The van der Waals surface area contributed by atoms with Crippen LogP contribution in [0.15, 0.2) is 24.3 Å². The summed E-state index contributed by atoms with van der Waals surface area (Å²) in [4.78, 5) is 32.3. The van der Waals surface area contributed by atoms with E-state index < -0.39 is 0 Å². The fraction of sp³-hybridized carbons (Fsp3) is 0.308. The molecule has 1 fully saturated rings. The van der Waals surface area contributed by atoms with E-state index in [-0.39, 0.29) is 11.8 Å². The lowest BCUT2D eigenvalue weighted by molar-refractivity contribution is -0.142. The van der Waals surface area contributed by atoms with Gasteiger partial charge in [-0.1, -0.05) is 12.1 Å². The molecule has 1 aromatic heterocycles. The second-order valence-electron chi connectivity index (χ2n) is 4.38. The zero-order chi connectivity index (χ0) is 13.2. The van der Waals surface area contributed by atoms with Crippen LogP contribution in [0.25, 0.3) is 11.0 Å². The minimum absolute atomic E-state index is 0.0997. The minimum Gasteiger partial charge on any atom is -0.342 e. The molecule has 0 saturated carbocycles. The van der Waals surface area contributed by atoms with Crippen LogP contribution in [0.3, 0.4) is 0 Å². The van der Waals surface area contributed by atoms with Crippen LogP contribution < -0.4 is 0 Å². The minimum atomic E-state index is -0.0997. The van der Waals surface area contributed by atoms with Gasteiger partial charge in [-0.05, 0) is 12.1 Å². The summed E-state index contributed by atoms with van der Waals surface area (Å²) >= 11 is 1.38. The van der Waals surface area contributed by atoms with Crippen molar-refractivity contribution < 1.29 is 9.59 Å². The standard InChI is InChI=1S/C13H13N3O2S/c17-12-7-19-8-13(18)16(12)6-5-11-14-9-3-1-2-4-10(9)15-11/h1-4H,5-8H2,(H,14,15).